The molecule has 8 nitrogen and oxygen atoms in total. The molecule has 0 saturated heterocycles. The van der Waals surface area contributed by atoms with Crippen LogP contribution in [0.2, 0.25) is 0 Å². The van der Waals surface area contributed by atoms with E-state index in [2.05, 4.69) is 16.1 Å². The molecule has 1 heterocycles. The molecule has 41 heavy (non-hydrogen) atoms. The van der Waals surface area contributed by atoms with Crippen molar-refractivity contribution in [1.82, 2.24) is 10.0 Å². The lowest BCUT2D eigenvalue weighted by Crippen LogP contribution is -2.39. The first-order chi connectivity index (χ1) is 19.9. The predicted molar refractivity (Wildman–Crippen MR) is 157 cm³/mol. The van der Waals surface area contributed by atoms with E-state index in [0.717, 1.165) is 41.0 Å². The van der Waals surface area contributed by atoms with Crippen molar-refractivity contribution < 1.29 is 27.8 Å². The topological polar surface area (TPSA) is 114 Å². The van der Waals surface area contributed by atoms with E-state index in [1.807, 2.05) is 42.5 Å². The van der Waals surface area contributed by atoms with E-state index in [1.165, 1.54) is 12.1 Å². The largest absolute Gasteiger partial charge is 0.491 e. The summed E-state index contributed by atoms with van der Waals surface area (Å²) < 4.78 is 38.8. The van der Waals surface area contributed by atoms with Gasteiger partial charge in [0.2, 0.25) is 0 Å². The summed E-state index contributed by atoms with van der Waals surface area (Å²) >= 11 is 0. The highest BCUT2D eigenvalue weighted by atomic mass is 32.2. The van der Waals surface area contributed by atoms with Crippen molar-refractivity contribution in [1.29, 1.82) is 0 Å². The van der Waals surface area contributed by atoms with Gasteiger partial charge in [-0.2, -0.15) is 0 Å². The molecule has 4 aromatic rings. The van der Waals surface area contributed by atoms with Crippen molar-refractivity contribution in [3.05, 3.63) is 114 Å². The van der Waals surface area contributed by atoms with Crippen molar-refractivity contribution in [2.45, 2.75) is 29.9 Å². The summed E-state index contributed by atoms with van der Waals surface area (Å²) in [6.07, 6.45) is 1.07. The number of sulfonamides is 1. The number of amides is 1. The van der Waals surface area contributed by atoms with E-state index in [-0.39, 0.29) is 23.2 Å². The molecule has 4 aromatic carbocycles. The average molecular weight is 573 g/mol. The molecular formula is C32H32N2O6S. The van der Waals surface area contributed by atoms with Crippen molar-refractivity contribution in [2.75, 3.05) is 19.7 Å². The summed E-state index contributed by atoms with van der Waals surface area (Å²) in [5.41, 5.74) is 3.24. The van der Waals surface area contributed by atoms with Gasteiger partial charge in [-0.3, -0.25) is 4.79 Å². The van der Waals surface area contributed by atoms with Crippen LogP contribution >= 0.6 is 0 Å². The van der Waals surface area contributed by atoms with Gasteiger partial charge >= 0.3 is 0 Å². The molecule has 0 saturated carbocycles. The number of nitrogens with one attached hydrogen (secondary N) is 2. The summed E-state index contributed by atoms with van der Waals surface area (Å²) in [5.74, 6) is 0.880. The van der Waals surface area contributed by atoms with Crippen LogP contribution in [0.3, 0.4) is 0 Å². The van der Waals surface area contributed by atoms with Gasteiger partial charge in [-0.1, -0.05) is 54.6 Å². The summed E-state index contributed by atoms with van der Waals surface area (Å²) in [4.78, 5) is 12.6. The Balaban J connectivity index is 1.12. The lowest BCUT2D eigenvalue weighted by molar-refractivity contribution is 0.0980. The number of hydrogen-bond acceptors (Lipinski definition) is 7. The van der Waals surface area contributed by atoms with Crippen molar-refractivity contribution in [3.8, 4) is 22.6 Å². The number of para-hydroxylation sites is 1. The van der Waals surface area contributed by atoms with E-state index in [1.54, 1.807) is 42.5 Å². The number of fused-ring (bicyclic) bond motifs is 1. The van der Waals surface area contributed by atoms with E-state index in [4.69, 9.17) is 9.47 Å². The van der Waals surface area contributed by atoms with Crippen LogP contribution in [0.25, 0.3) is 11.1 Å². The van der Waals surface area contributed by atoms with Gasteiger partial charge in [0.15, 0.2) is 0 Å². The number of rotatable bonds is 11. The Hall–Kier alpha value is -4.18. The van der Waals surface area contributed by atoms with Gasteiger partial charge in [0.1, 0.15) is 30.3 Å². The third kappa shape index (κ3) is 7.52. The number of benzene rings is 4. The molecule has 2 atom stereocenters. The van der Waals surface area contributed by atoms with E-state index in [0.29, 0.717) is 13.1 Å². The molecule has 0 bridgehead atoms. The molecule has 212 valence electrons. The number of aliphatic hydroxyl groups excluding tert-OH is 1. The number of aryl methyl sites for hydroxylation is 1. The molecule has 0 radical (unpaired) electrons. The van der Waals surface area contributed by atoms with Crippen LogP contribution in [-0.2, 0) is 16.4 Å². The maximum absolute atomic E-state index is 12.6. The minimum Gasteiger partial charge on any atom is -0.491 e. The standard InChI is InChI=1S/C32H32N2O6S/c35-27(22-39-28-7-3-1-4-8-28)20-33-21-29-17-15-26-19-25(16-18-31(26)40-29)23-11-13-24(14-12-23)32(36)34-41(37,38)30-9-5-2-6-10-30/h1-14,16,18-19,27,29,33,35H,15,17,20-22H2,(H,34,36). The second-order valence-corrected chi connectivity index (χ2v) is 11.5. The monoisotopic (exact) mass is 572 g/mol. The highest BCUT2D eigenvalue weighted by molar-refractivity contribution is 7.90. The van der Waals surface area contributed by atoms with Crippen LogP contribution in [0.15, 0.2) is 108 Å². The molecule has 9 heteroatoms. The molecule has 5 rings (SSSR count). The van der Waals surface area contributed by atoms with E-state index >= 15 is 0 Å². The van der Waals surface area contributed by atoms with Crippen LogP contribution in [-0.4, -0.2) is 51.3 Å². The van der Waals surface area contributed by atoms with E-state index < -0.39 is 22.0 Å². The van der Waals surface area contributed by atoms with Gasteiger partial charge < -0.3 is 19.9 Å². The minimum atomic E-state index is -3.94. The fourth-order valence-corrected chi connectivity index (χ4v) is 5.60. The van der Waals surface area contributed by atoms with Crippen LogP contribution in [0, 0.1) is 0 Å². The maximum Gasteiger partial charge on any atom is 0.264 e. The fraction of sp³-hybridized carbons (Fsp3) is 0.219. The lowest BCUT2D eigenvalue weighted by atomic mass is 9.96. The molecule has 3 N–H and O–H groups in total. The highest BCUT2D eigenvalue weighted by Crippen LogP contribution is 2.32. The normalized spacial score (nSPS) is 15.3. The fourth-order valence-electron chi connectivity index (χ4n) is 4.60. The van der Waals surface area contributed by atoms with Gasteiger partial charge in [0, 0.05) is 18.7 Å². The SMILES string of the molecule is O=C(NS(=O)(=O)c1ccccc1)c1ccc(-c2ccc3c(c2)CCC(CNCC(O)COc2ccccc2)O3)cc1. The zero-order chi connectivity index (χ0) is 28.7. The minimum absolute atomic E-state index is 0.000512. The summed E-state index contributed by atoms with van der Waals surface area (Å²) in [6, 6.07) is 30.0. The molecular weight excluding hydrogens is 540 g/mol. The third-order valence-corrected chi connectivity index (χ3v) is 8.14. The number of carbonyl (C=O) groups excluding carboxylic acids is 1. The number of ether oxygens (including phenoxy) is 2. The lowest BCUT2D eigenvalue weighted by Gasteiger charge is -2.27. The Morgan fingerprint density at radius 1 is 0.927 bits per heavy atom. The van der Waals surface area contributed by atoms with E-state index in [9.17, 15) is 18.3 Å². The van der Waals surface area contributed by atoms with Gasteiger partial charge in [-0.25, -0.2) is 13.1 Å². The van der Waals surface area contributed by atoms with Gasteiger partial charge in [0.25, 0.3) is 15.9 Å². The number of aliphatic hydroxyl groups is 1. The van der Waals surface area contributed by atoms with Gasteiger partial charge in [-0.15, -0.1) is 0 Å². The third-order valence-electron chi connectivity index (χ3n) is 6.79. The first-order valence-corrected chi connectivity index (χ1v) is 14.9. The molecule has 0 aliphatic carbocycles. The Morgan fingerprint density at radius 2 is 1.61 bits per heavy atom. The predicted octanol–water partition coefficient (Wildman–Crippen LogP) is 4.20. The number of carbonyl (C=O) groups is 1. The first-order valence-electron chi connectivity index (χ1n) is 13.5. The summed E-state index contributed by atoms with van der Waals surface area (Å²) in [6.45, 7) is 1.24. The Morgan fingerprint density at radius 3 is 2.34 bits per heavy atom. The number of hydrogen-bond donors (Lipinski definition) is 3. The molecule has 0 spiro atoms. The molecule has 0 aromatic heterocycles. The Labute approximate surface area is 240 Å². The van der Waals surface area contributed by atoms with Crippen LogP contribution in [0.5, 0.6) is 11.5 Å². The zero-order valence-electron chi connectivity index (χ0n) is 22.4. The molecule has 1 aliphatic rings. The quantitative estimate of drug-likeness (QED) is 0.247. The average Bonchev–Trinajstić information content (AvgIpc) is 3.00. The van der Waals surface area contributed by atoms with Gasteiger partial charge in [0.05, 0.1) is 4.90 Å². The molecule has 1 amide bonds. The van der Waals surface area contributed by atoms with Crippen molar-refractivity contribution >= 4 is 15.9 Å². The maximum atomic E-state index is 12.6. The summed E-state index contributed by atoms with van der Waals surface area (Å²) in [7, 11) is -3.94. The second kappa shape index (κ2) is 13.0. The second-order valence-electron chi connectivity index (χ2n) is 9.86. The molecule has 2 unspecified atom stereocenters. The highest BCUT2D eigenvalue weighted by Gasteiger charge is 2.21. The molecule has 1 aliphatic heterocycles. The van der Waals surface area contributed by atoms with Crippen molar-refractivity contribution in [2.24, 2.45) is 0 Å². The summed E-state index contributed by atoms with van der Waals surface area (Å²) in [5, 5.41) is 13.5. The Kier molecular flexibility index (Phi) is 8.98. The Bertz CT molecular complexity index is 1560. The van der Waals surface area contributed by atoms with Crippen LogP contribution in [0.1, 0.15) is 22.3 Å². The van der Waals surface area contributed by atoms with Crippen molar-refractivity contribution in [3.63, 3.8) is 0 Å². The first kappa shape index (κ1) is 28.4. The van der Waals surface area contributed by atoms with Crippen LogP contribution in [0.4, 0.5) is 0 Å². The zero-order valence-corrected chi connectivity index (χ0v) is 23.2. The smallest absolute Gasteiger partial charge is 0.264 e. The molecule has 0 fully saturated rings. The van der Waals surface area contributed by atoms with Gasteiger partial charge in [-0.05, 0) is 78.1 Å². The van der Waals surface area contributed by atoms with Crippen LogP contribution < -0.4 is 19.5 Å².